The number of likely N-dealkylation sites (N-methyl/N-ethyl adjacent to an activating group) is 1. The maximum atomic E-state index is 13.9. The minimum atomic E-state index is -0.116. The van der Waals surface area contributed by atoms with Crippen LogP contribution in [0, 0.1) is 12.7 Å². The number of halogens is 1. The summed E-state index contributed by atoms with van der Waals surface area (Å²) in [4.78, 5) is 13.1. The Morgan fingerprint density at radius 1 is 1.30 bits per heavy atom. The van der Waals surface area contributed by atoms with Crippen LogP contribution in [-0.4, -0.2) is 41.0 Å². The molecular weight excluding hydrogens is 291 g/mol. The average molecular weight is 314 g/mol. The Morgan fingerprint density at radius 2 is 2.13 bits per heavy atom. The van der Waals surface area contributed by atoms with Gasteiger partial charge < -0.3 is 4.90 Å². The van der Waals surface area contributed by atoms with Gasteiger partial charge in [-0.05, 0) is 32.4 Å². The number of anilines is 1. The first-order chi connectivity index (χ1) is 11.1. The number of aromatic nitrogens is 2. The average Bonchev–Trinajstić information content (AvgIpc) is 2.56. The third kappa shape index (κ3) is 3.85. The third-order valence-electron chi connectivity index (χ3n) is 4.53. The van der Waals surface area contributed by atoms with Gasteiger partial charge in [0.15, 0.2) is 0 Å². The van der Waals surface area contributed by atoms with E-state index in [1.165, 1.54) is 6.07 Å². The second-order valence-electron chi connectivity index (χ2n) is 6.25. The highest BCUT2D eigenvalue weighted by Gasteiger charge is 2.24. The summed E-state index contributed by atoms with van der Waals surface area (Å²) >= 11 is 0. The van der Waals surface area contributed by atoms with Crippen LogP contribution in [-0.2, 0) is 6.54 Å². The van der Waals surface area contributed by atoms with Crippen molar-refractivity contribution in [3.05, 3.63) is 53.7 Å². The summed E-state index contributed by atoms with van der Waals surface area (Å²) in [6.45, 7) is 4.58. The summed E-state index contributed by atoms with van der Waals surface area (Å²) in [6, 6.07) is 9.45. The van der Waals surface area contributed by atoms with Crippen LogP contribution in [0.3, 0.4) is 0 Å². The van der Waals surface area contributed by atoms with Gasteiger partial charge in [-0.2, -0.15) is 0 Å². The molecule has 1 fully saturated rings. The summed E-state index contributed by atoms with van der Waals surface area (Å²) < 4.78 is 13.9. The zero-order valence-electron chi connectivity index (χ0n) is 13.7. The van der Waals surface area contributed by atoms with Crippen molar-refractivity contribution in [3.8, 4) is 0 Å². The van der Waals surface area contributed by atoms with Crippen LogP contribution in [0.1, 0.15) is 24.1 Å². The normalized spacial score (nSPS) is 18.8. The number of benzene rings is 1. The van der Waals surface area contributed by atoms with Crippen LogP contribution < -0.4 is 4.90 Å². The molecule has 1 saturated heterocycles. The van der Waals surface area contributed by atoms with Crippen LogP contribution in [0.15, 0.2) is 36.7 Å². The molecule has 2 heterocycles. The Kier molecular flexibility index (Phi) is 4.86. The minimum absolute atomic E-state index is 0.116. The quantitative estimate of drug-likeness (QED) is 0.868. The van der Waals surface area contributed by atoms with Crippen LogP contribution >= 0.6 is 0 Å². The molecule has 5 heteroatoms. The molecule has 0 N–H and O–H groups in total. The molecule has 0 radical (unpaired) electrons. The van der Waals surface area contributed by atoms with Crippen molar-refractivity contribution in [3.63, 3.8) is 0 Å². The molecule has 1 unspecified atom stereocenters. The summed E-state index contributed by atoms with van der Waals surface area (Å²) in [5, 5.41) is 0. The monoisotopic (exact) mass is 314 g/mol. The van der Waals surface area contributed by atoms with Gasteiger partial charge in [0.25, 0.3) is 0 Å². The van der Waals surface area contributed by atoms with E-state index in [0.29, 0.717) is 12.6 Å². The molecule has 1 aromatic carbocycles. The van der Waals surface area contributed by atoms with Crippen molar-refractivity contribution < 1.29 is 4.39 Å². The second kappa shape index (κ2) is 7.04. The maximum Gasteiger partial charge on any atom is 0.132 e. The molecule has 0 aliphatic carbocycles. The lowest BCUT2D eigenvalue weighted by atomic mass is 10.0. The van der Waals surface area contributed by atoms with E-state index in [-0.39, 0.29) is 5.82 Å². The molecule has 23 heavy (non-hydrogen) atoms. The molecule has 1 aliphatic rings. The van der Waals surface area contributed by atoms with Crippen molar-refractivity contribution in [2.24, 2.45) is 0 Å². The van der Waals surface area contributed by atoms with Crippen molar-refractivity contribution in [1.82, 2.24) is 14.9 Å². The Labute approximate surface area is 137 Å². The predicted molar refractivity (Wildman–Crippen MR) is 89.9 cm³/mol. The van der Waals surface area contributed by atoms with Gasteiger partial charge in [0.2, 0.25) is 0 Å². The van der Waals surface area contributed by atoms with Crippen LogP contribution in [0.25, 0.3) is 0 Å². The molecule has 1 aliphatic heterocycles. The van der Waals surface area contributed by atoms with Crippen molar-refractivity contribution in [2.45, 2.75) is 32.4 Å². The number of rotatable bonds is 4. The first-order valence-corrected chi connectivity index (χ1v) is 8.11. The fraction of sp³-hybridized carbons (Fsp3) is 0.444. The molecule has 3 rings (SSSR count). The Morgan fingerprint density at radius 3 is 2.91 bits per heavy atom. The molecular formula is C18H23FN4. The Balaban J connectivity index is 1.67. The molecule has 1 atom stereocenters. The highest BCUT2D eigenvalue weighted by atomic mass is 19.1. The van der Waals surface area contributed by atoms with Crippen molar-refractivity contribution in [2.75, 3.05) is 25.0 Å². The number of likely N-dealkylation sites (tertiary alicyclic amines) is 1. The van der Waals surface area contributed by atoms with Gasteiger partial charge in [-0.25, -0.2) is 14.4 Å². The molecule has 0 bridgehead atoms. The fourth-order valence-electron chi connectivity index (χ4n) is 3.18. The van der Waals surface area contributed by atoms with E-state index in [2.05, 4.69) is 26.8 Å². The van der Waals surface area contributed by atoms with E-state index >= 15 is 0 Å². The van der Waals surface area contributed by atoms with Gasteiger partial charge in [0.05, 0.1) is 0 Å². The third-order valence-corrected chi connectivity index (χ3v) is 4.53. The number of aryl methyl sites for hydroxylation is 1. The smallest absolute Gasteiger partial charge is 0.132 e. The molecule has 2 aromatic rings. The number of hydrogen-bond acceptors (Lipinski definition) is 4. The highest BCUT2D eigenvalue weighted by molar-refractivity contribution is 5.39. The first kappa shape index (κ1) is 15.9. The van der Waals surface area contributed by atoms with Gasteiger partial charge in [0.1, 0.15) is 18.0 Å². The number of hydrogen-bond donors (Lipinski definition) is 0. The maximum absolute atomic E-state index is 13.9. The second-order valence-corrected chi connectivity index (χ2v) is 6.25. The molecule has 0 saturated carbocycles. The van der Waals surface area contributed by atoms with Crippen molar-refractivity contribution in [1.29, 1.82) is 0 Å². The van der Waals surface area contributed by atoms with Crippen molar-refractivity contribution >= 4 is 5.82 Å². The van der Waals surface area contributed by atoms with E-state index < -0.39 is 0 Å². The Hall–Kier alpha value is -2.01. The van der Waals surface area contributed by atoms with E-state index in [1.54, 1.807) is 12.4 Å². The lowest BCUT2D eigenvalue weighted by molar-refractivity contribution is 0.196. The van der Waals surface area contributed by atoms with E-state index in [1.807, 2.05) is 25.1 Å². The summed E-state index contributed by atoms with van der Waals surface area (Å²) in [5.41, 5.74) is 1.74. The summed E-state index contributed by atoms with van der Waals surface area (Å²) in [7, 11) is 2.08. The lowest BCUT2D eigenvalue weighted by Gasteiger charge is -2.38. The number of nitrogens with zero attached hydrogens (tertiary/aromatic N) is 4. The molecule has 0 spiro atoms. The van der Waals surface area contributed by atoms with Gasteiger partial charge in [-0.3, -0.25) is 4.90 Å². The fourth-order valence-corrected chi connectivity index (χ4v) is 3.18. The molecule has 1 aromatic heterocycles. The predicted octanol–water partition coefficient (Wildman–Crippen LogP) is 3.02. The van der Waals surface area contributed by atoms with Crippen LogP contribution in [0.5, 0.6) is 0 Å². The van der Waals surface area contributed by atoms with Gasteiger partial charge in [0, 0.05) is 43.5 Å². The summed E-state index contributed by atoms with van der Waals surface area (Å²) in [5.74, 6) is 0.838. The largest absolute Gasteiger partial charge is 0.355 e. The molecule has 0 amide bonds. The van der Waals surface area contributed by atoms with Gasteiger partial charge >= 0.3 is 0 Å². The van der Waals surface area contributed by atoms with Gasteiger partial charge in [-0.1, -0.05) is 18.2 Å². The zero-order valence-corrected chi connectivity index (χ0v) is 13.7. The van der Waals surface area contributed by atoms with Crippen LogP contribution in [0.4, 0.5) is 10.2 Å². The van der Waals surface area contributed by atoms with Gasteiger partial charge in [-0.15, -0.1) is 0 Å². The van der Waals surface area contributed by atoms with Crippen LogP contribution in [0.2, 0.25) is 0 Å². The zero-order chi connectivity index (χ0) is 16.2. The van der Waals surface area contributed by atoms with E-state index in [0.717, 1.165) is 43.0 Å². The lowest BCUT2D eigenvalue weighted by Crippen LogP contribution is -2.46. The Bertz CT molecular complexity index is 661. The number of piperidine rings is 1. The topological polar surface area (TPSA) is 32.3 Å². The van der Waals surface area contributed by atoms with E-state index in [4.69, 9.17) is 0 Å². The standard InChI is InChI=1S/C18H23FN4/c1-14-10-18(21-13-20-14)22(2)16-7-5-9-23(12-16)11-15-6-3-4-8-17(15)19/h3-4,6,8,10,13,16H,5,7,9,11-12H2,1-2H3. The minimum Gasteiger partial charge on any atom is -0.355 e. The summed E-state index contributed by atoms with van der Waals surface area (Å²) in [6.07, 6.45) is 3.86. The molecule has 122 valence electrons. The van der Waals surface area contributed by atoms with E-state index in [9.17, 15) is 4.39 Å². The SMILES string of the molecule is Cc1cc(N(C)C2CCCN(Cc3ccccc3F)C2)ncn1. The molecule has 4 nitrogen and oxygen atoms in total. The highest BCUT2D eigenvalue weighted by Crippen LogP contribution is 2.21. The first-order valence-electron chi connectivity index (χ1n) is 8.11.